The van der Waals surface area contributed by atoms with E-state index >= 15 is 0 Å². The molecule has 0 aromatic rings. The van der Waals surface area contributed by atoms with Crippen molar-refractivity contribution in [3.63, 3.8) is 0 Å². The fourth-order valence-electron chi connectivity index (χ4n) is 5.39. The molecule has 0 aromatic carbocycles. The molecule has 8 atom stereocenters. The minimum Gasteiger partial charge on any atom is -0.457 e. The molecule has 0 aromatic heterocycles. The Morgan fingerprint density at radius 2 is 1.60 bits per heavy atom. The molecule has 1 rings (SSSR count). The van der Waals surface area contributed by atoms with Crippen LogP contribution in [0.5, 0.6) is 0 Å². The lowest BCUT2D eigenvalue weighted by Gasteiger charge is -2.45. The number of hydrogen-bond acceptors (Lipinski definition) is 8. The Balaban J connectivity index is 3.24. The summed E-state index contributed by atoms with van der Waals surface area (Å²) in [5.41, 5.74) is 0.885. The van der Waals surface area contributed by atoms with Crippen molar-refractivity contribution in [1.29, 1.82) is 0 Å². The third-order valence-electron chi connectivity index (χ3n) is 7.80. The van der Waals surface area contributed by atoms with Crippen molar-refractivity contribution in [1.82, 2.24) is 10.6 Å². The van der Waals surface area contributed by atoms with E-state index in [1.54, 1.807) is 6.08 Å². The van der Waals surface area contributed by atoms with Gasteiger partial charge in [0.05, 0.1) is 12.2 Å². The molecule has 0 bridgehead atoms. The Labute approximate surface area is 264 Å². The number of ether oxygens (including phenoxy) is 4. The van der Waals surface area contributed by atoms with Gasteiger partial charge in [0.25, 0.3) is 0 Å². The molecule has 1 unspecified atom stereocenters. The van der Waals surface area contributed by atoms with Gasteiger partial charge in [0.1, 0.15) is 6.04 Å². The van der Waals surface area contributed by atoms with Crippen LogP contribution >= 0.6 is 0 Å². The maximum atomic E-state index is 13.3. The fraction of sp³-hybridized carbons (Fsp3) is 0.750. The molecule has 0 aliphatic carbocycles. The zero-order chi connectivity index (χ0) is 34.3. The lowest BCUT2D eigenvalue weighted by Crippen LogP contribution is -2.67. The maximum Gasteiger partial charge on any atom is 0.471 e. The molecule has 0 spiro atoms. The summed E-state index contributed by atoms with van der Waals surface area (Å²) in [6.45, 7) is 17.5. The quantitative estimate of drug-likeness (QED) is 0.110. The van der Waals surface area contributed by atoms with Gasteiger partial charge in [0.15, 0.2) is 18.5 Å². The monoisotopic (exact) mass is 648 g/mol. The van der Waals surface area contributed by atoms with E-state index in [1.807, 2.05) is 26.1 Å². The number of halogens is 3. The van der Waals surface area contributed by atoms with Crippen LogP contribution in [0.3, 0.4) is 0 Å². The van der Waals surface area contributed by atoms with Gasteiger partial charge in [-0.1, -0.05) is 31.9 Å². The van der Waals surface area contributed by atoms with Gasteiger partial charge in [-0.25, -0.2) is 0 Å². The van der Waals surface area contributed by atoms with E-state index in [4.69, 9.17) is 18.9 Å². The average molecular weight is 649 g/mol. The van der Waals surface area contributed by atoms with E-state index in [2.05, 4.69) is 18.5 Å². The van der Waals surface area contributed by atoms with Crippen molar-refractivity contribution in [3.05, 3.63) is 24.8 Å². The normalized spacial score (nSPS) is 23.6. The van der Waals surface area contributed by atoms with E-state index in [-0.39, 0.29) is 17.7 Å². The van der Waals surface area contributed by atoms with E-state index < -0.39 is 60.8 Å². The van der Waals surface area contributed by atoms with E-state index in [0.29, 0.717) is 38.6 Å². The molecule has 1 aliphatic rings. The van der Waals surface area contributed by atoms with Crippen molar-refractivity contribution in [3.8, 4) is 0 Å². The molecule has 13 heteroatoms. The number of carbonyl (C=O) groups excluding carboxylic acids is 4. The Bertz CT molecular complexity index is 1010. The Hall–Kier alpha value is -2.93. The van der Waals surface area contributed by atoms with Crippen LogP contribution in [0.15, 0.2) is 24.8 Å². The highest BCUT2D eigenvalue weighted by atomic mass is 19.4. The molecule has 0 radical (unpaired) electrons. The van der Waals surface area contributed by atoms with Crippen molar-refractivity contribution in [2.45, 2.75) is 136 Å². The molecular formula is C32H51F3N2O8. The van der Waals surface area contributed by atoms with Crippen LogP contribution in [0.25, 0.3) is 0 Å². The minimum absolute atomic E-state index is 0.00873. The summed E-state index contributed by atoms with van der Waals surface area (Å²) in [7, 11) is 0. The SMILES string of the molecule is C=CCC[C@@H](CC)C(=O)NCCC[C@@H](CC)[C@@H](CCC(=C)C)OC1O[C@@H](C)[C@@H](OC(C)=O)[C@@H](NC(=O)C(F)(F)F)[C@H]1OC(C)=O. The molecule has 1 heterocycles. The number of allylic oxidation sites excluding steroid dienone is 2. The third kappa shape index (κ3) is 13.9. The van der Waals surface area contributed by atoms with Crippen LogP contribution < -0.4 is 10.6 Å². The zero-order valence-corrected chi connectivity index (χ0v) is 27.4. The van der Waals surface area contributed by atoms with Crippen LogP contribution in [0, 0.1) is 11.8 Å². The van der Waals surface area contributed by atoms with Crippen LogP contribution in [-0.2, 0) is 38.1 Å². The fourth-order valence-corrected chi connectivity index (χ4v) is 5.39. The van der Waals surface area contributed by atoms with Gasteiger partial charge in [-0.3, -0.25) is 19.2 Å². The first-order valence-corrected chi connectivity index (χ1v) is 15.6. The van der Waals surface area contributed by atoms with E-state index in [0.717, 1.165) is 38.7 Å². The Morgan fingerprint density at radius 1 is 0.978 bits per heavy atom. The van der Waals surface area contributed by atoms with Crippen molar-refractivity contribution in [2.24, 2.45) is 11.8 Å². The van der Waals surface area contributed by atoms with Gasteiger partial charge in [0, 0.05) is 26.3 Å². The summed E-state index contributed by atoms with van der Waals surface area (Å²) in [5, 5.41) is 4.84. The Kier molecular flexibility index (Phi) is 17.4. The number of hydrogen-bond donors (Lipinski definition) is 2. The maximum absolute atomic E-state index is 13.3. The molecule has 2 amide bonds. The van der Waals surface area contributed by atoms with Gasteiger partial charge >= 0.3 is 24.0 Å². The van der Waals surface area contributed by atoms with Gasteiger partial charge in [-0.15, -0.1) is 13.2 Å². The summed E-state index contributed by atoms with van der Waals surface area (Å²) < 4.78 is 62.9. The number of alkyl halides is 3. The Morgan fingerprint density at radius 3 is 2.11 bits per heavy atom. The van der Waals surface area contributed by atoms with Crippen LogP contribution in [0.4, 0.5) is 13.2 Å². The summed E-state index contributed by atoms with van der Waals surface area (Å²) in [6.07, 6.45) is -4.18. The van der Waals surface area contributed by atoms with Crippen molar-refractivity contribution in [2.75, 3.05) is 6.54 Å². The molecular weight excluding hydrogens is 597 g/mol. The largest absolute Gasteiger partial charge is 0.471 e. The molecule has 1 fully saturated rings. The predicted octanol–water partition coefficient (Wildman–Crippen LogP) is 5.30. The van der Waals surface area contributed by atoms with Crippen LogP contribution in [-0.4, -0.2) is 73.2 Å². The van der Waals surface area contributed by atoms with Crippen molar-refractivity contribution >= 4 is 23.8 Å². The van der Waals surface area contributed by atoms with E-state index in [1.165, 1.54) is 6.92 Å². The molecule has 45 heavy (non-hydrogen) atoms. The lowest BCUT2D eigenvalue weighted by molar-refractivity contribution is -0.294. The van der Waals surface area contributed by atoms with Crippen LogP contribution in [0.1, 0.15) is 92.9 Å². The zero-order valence-electron chi connectivity index (χ0n) is 27.4. The summed E-state index contributed by atoms with van der Waals surface area (Å²) in [5.74, 6) is -4.16. The predicted molar refractivity (Wildman–Crippen MR) is 162 cm³/mol. The van der Waals surface area contributed by atoms with Gasteiger partial charge in [-0.2, -0.15) is 13.2 Å². The number of carbonyl (C=O) groups is 4. The summed E-state index contributed by atoms with van der Waals surface area (Å²) in [6, 6.07) is -1.62. The summed E-state index contributed by atoms with van der Waals surface area (Å²) in [4.78, 5) is 48.6. The molecule has 1 aliphatic heterocycles. The number of nitrogens with one attached hydrogen (secondary N) is 2. The second-order valence-corrected chi connectivity index (χ2v) is 11.6. The minimum atomic E-state index is -5.25. The number of rotatable bonds is 19. The molecule has 10 nitrogen and oxygen atoms in total. The summed E-state index contributed by atoms with van der Waals surface area (Å²) >= 11 is 0. The molecule has 2 N–H and O–H groups in total. The third-order valence-corrected chi connectivity index (χ3v) is 7.80. The molecule has 0 saturated carbocycles. The van der Waals surface area contributed by atoms with Gasteiger partial charge in [-0.05, 0) is 64.7 Å². The first-order chi connectivity index (χ1) is 21.0. The second-order valence-electron chi connectivity index (χ2n) is 11.6. The standard InChI is InChI=1S/C32H51F3N2O8/c1-9-12-14-24(11-3)29(40)36-18-13-15-23(10-2)25(17-16-19(4)5)45-30-28(44-22(8)39)26(37-31(41)32(33,34)35)27(20(6)42-30)43-21(7)38/h9,20,23-28,30H,1,4,10-18H2,2-3,5-8H3,(H,36,40)(H,37,41)/t20-,23+,24+,25+,26+,27+,28+,30?/m0/s1. The average Bonchev–Trinajstić information content (AvgIpc) is 2.94. The second kappa shape index (κ2) is 19.6. The number of amides is 2. The van der Waals surface area contributed by atoms with Gasteiger partial charge < -0.3 is 29.6 Å². The lowest BCUT2D eigenvalue weighted by atomic mass is 9.89. The number of esters is 2. The van der Waals surface area contributed by atoms with Gasteiger partial charge in [0.2, 0.25) is 5.91 Å². The van der Waals surface area contributed by atoms with E-state index in [9.17, 15) is 32.3 Å². The molecule has 258 valence electrons. The first-order valence-electron chi connectivity index (χ1n) is 15.6. The smallest absolute Gasteiger partial charge is 0.457 e. The highest BCUT2D eigenvalue weighted by molar-refractivity contribution is 5.82. The highest BCUT2D eigenvalue weighted by Gasteiger charge is 2.52. The molecule has 1 saturated heterocycles. The van der Waals surface area contributed by atoms with Crippen molar-refractivity contribution < 1.29 is 51.3 Å². The first kappa shape index (κ1) is 40.1. The topological polar surface area (TPSA) is 129 Å². The highest BCUT2D eigenvalue weighted by Crippen LogP contribution is 2.32. The van der Waals surface area contributed by atoms with Crippen LogP contribution in [0.2, 0.25) is 0 Å².